The number of likely N-dealkylation sites (tertiary alicyclic amines) is 1. The third-order valence-corrected chi connectivity index (χ3v) is 6.80. The molecule has 1 amide bonds. The van der Waals surface area contributed by atoms with Crippen LogP contribution in [0.2, 0.25) is 5.02 Å². The summed E-state index contributed by atoms with van der Waals surface area (Å²) in [6.45, 7) is 0.483. The summed E-state index contributed by atoms with van der Waals surface area (Å²) in [5.74, 6) is -3.67. The van der Waals surface area contributed by atoms with E-state index in [0.717, 1.165) is 6.34 Å². The number of carbonyl (C=O) groups excluding carboxylic acids is 1. The minimum atomic E-state index is -2.86. The largest absolute Gasteiger partial charge is 0.483 e. The van der Waals surface area contributed by atoms with Crippen molar-refractivity contribution in [3.05, 3.63) is 76.6 Å². The van der Waals surface area contributed by atoms with Crippen molar-refractivity contribution in [3.8, 4) is 11.1 Å². The Labute approximate surface area is 284 Å². The lowest BCUT2D eigenvalue weighted by Crippen LogP contribution is -2.59. The second kappa shape index (κ2) is 17.5. The summed E-state index contributed by atoms with van der Waals surface area (Å²) in [5, 5.41) is 17.9. The topological polar surface area (TPSA) is 179 Å². The molecule has 12 nitrogen and oxygen atoms in total. The number of amides is 1. The Hall–Kier alpha value is -4.90. The molecule has 0 radical (unpaired) electrons. The van der Waals surface area contributed by atoms with Gasteiger partial charge in [0.15, 0.2) is 5.96 Å². The molecule has 6 N–H and O–H groups in total. The maximum absolute atomic E-state index is 13.9. The number of aliphatic imine (C=N–C) groups is 2. The number of nitrogens with zero attached hydrogens (tertiary/aromatic N) is 6. The normalized spacial score (nSPS) is 15.2. The van der Waals surface area contributed by atoms with Crippen LogP contribution < -0.4 is 11.5 Å². The summed E-state index contributed by atoms with van der Waals surface area (Å²) in [5.41, 5.74) is 13.1. The highest BCUT2D eigenvalue weighted by molar-refractivity contribution is 6.34. The number of alkyl halides is 5. The lowest BCUT2D eigenvalue weighted by molar-refractivity contribution is -0.134. The molecule has 49 heavy (non-hydrogen) atoms. The Bertz CT molecular complexity index is 1630. The molecule has 1 aromatic heterocycles. The predicted molar refractivity (Wildman–Crippen MR) is 177 cm³/mol. The van der Waals surface area contributed by atoms with Gasteiger partial charge in [0.05, 0.1) is 30.4 Å². The molecular formula is C31H37ClF5N9O3. The highest BCUT2D eigenvalue weighted by Crippen LogP contribution is 2.33. The zero-order valence-electron chi connectivity index (χ0n) is 27.0. The molecule has 1 aliphatic rings. The van der Waals surface area contributed by atoms with E-state index >= 15 is 0 Å². The standard InChI is InChI=1S/C26H26ClF4N9O.C4H9F.CH2O2/c1-35-25(34)40(23(41)16-4-2-15(3-5-16)18-9-37-39(10-18)24(28)29)21(11-38-12-26(30,31)13-38)17-6-7-20(27)19(8-17)22(33)36-14-32;1-4(2,3)5;2-1-3/h2-10,14,21,24H,11-13H2,1H3,(H2,34,35)(H3,32,33,36);1-3H3;1H,(H,2,3). The number of rotatable bonds is 9. The van der Waals surface area contributed by atoms with Gasteiger partial charge in [-0.15, -0.1) is 0 Å². The number of hydrogen-bond donors (Lipinski definition) is 4. The summed E-state index contributed by atoms with van der Waals surface area (Å²) in [4.78, 5) is 32.7. The fourth-order valence-corrected chi connectivity index (χ4v) is 4.67. The molecule has 0 bridgehead atoms. The third-order valence-electron chi connectivity index (χ3n) is 6.47. The molecule has 1 fully saturated rings. The van der Waals surface area contributed by atoms with Crippen molar-refractivity contribution in [3.63, 3.8) is 0 Å². The van der Waals surface area contributed by atoms with Crippen LogP contribution in [0.15, 0.2) is 64.8 Å². The lowest BCUT2D eigenvalue weighted by atomic mass is 9.98. The minimum Gasteiger partial charge on any atom is -0.483 e. The van der Waals surface area contributed by atoms with Crippen molar-refractivity contribution in [2.24, 2.45) is 21.5 Å². The monoisotopic (exact) mass is 713 g/mol. The van der Waals surface area contributed by atoms with Crippen LogP contribution in [0.25, 0.3) is 11.1 Å². The Balaban J connectivity index is 0.000000939. The molecule has 1 saturated heterocycles. The van der Waals surface area contributed by atoms with Gasteiger partial charge in [-0.25, -0.2) is 22.8 Å². The van der Waals surface area contributed by atoms with Gasteiger partial charge in [-0.05, 0) is 56.2 Å². The third kappa shape index (κ3) is 11.9. The van der Waals surface area contributed by atoms with E-state index in [4.69, 9.17) is 38.4 Å². The smallest absolute Gasteiger partial charge is 0.333 e. The predicted octanol–water partition coefficient (Wildman–Crippen LogP) is 5.45. The van der Waals surface area contributed by atoms with Gasteiger partial charge in [-0.3, -0.25) is 29.8 Å². The van der Waals surface area contributed by atoms with Crippen molar-refractivity contribution in [2.45, 2.75) is 45.0 Å². The number of hydrogen-bond acceptors (Lipinski definition) is 6. The van der Waals surface area contributed by atoms with Crippen molar-refractivity contribution in [1.29, 1.82) is 5.41 Å². The SMILES string of the molecule is CC(C)(C)F.CN=C(N)N(C(=O)c1ccc(-c2cnn(C(F)F)c2)cc1)C(CN1CC(F)(F)C1)c1ccc(Cl)c(C(N)=NC=N)c1.O=CO. The summed E-state index contributed by atoms with van der Waals surface area (Å²) in [6.07, 6.45) is 3.21. The minimum absolute atomic E-state index is 0.0227. The Kier molecular flexibility index (Phi) is 14.4. The van der Waals surface area contributed by atoms with Crippen LogP contribution in [0.1, 0.15) is 54.8 Å². The Morgan fingerprint density at radius 3 is 2.20 bits per heavy atom. The van der Waals surface area contributed by atoms with Crippen LogP contribution in [0.4, 0.5) is 22.0 Å². The summed E-state index contributed by atoms with van der Waals surface area (Å²) in [7, 11) is 1.39. The summed E-state index contributed by atoms with van der Waals surface area (Å²) >= 11 is 6.30. The van der Waals surface area contributed by atoms with Gasteiger partial charge >= 0.3 is 6.55 Å². The zero-order chi connectivity index (χ0) is 37.1. The number of carboxylic acid groups (broad SMARTS) is 1. The first kappa shape index (κ1) is 40.3. The number of benzene rings is 2. The highest BCUT2D eigenvalue weighted by Gasteiger charge is 2.45. The van der Waals surface area contributed by atoms with Crippen molar-refractivity contribution in [2.75, 3.05) is 26.7 Å². The first-order chi connectivity index (χ1) is 22.8. The fourth-order valence-electron chi connectivity index (χ4n) is 4.45. The zero-order valence-corrected chi connectivity index (χ0v) is 27.8. The molecule has 266 valence electrons. The van der Waals surface area contributed by atoms with E-state index in [1.54, 1.807) is 24.3 Å². The van der Waals surface area contributed by atoms with Gasteiger partial charge in [0.25, 0.3) is 18.3 Å². The molecule has 2 heterocycles. The van der Waals surface area contributed by atoms with Gasteiger partial charge in [-0.2, -0.15) is 13.9 Å². The molecule has 0 saturated carbocycles. The number of carbonyl (C=O) groups is 2. The first-order valence-electron chi connectivity index (χ1n) is 14.3. The Morgan fingerprint density at radius 1 is 1.16 bits per heavy atom. The molecule has 3 aromatic rings. The highest BCUT2D eigenvalue weighted by atomic mass is 35.5. The van der Waals surface area contributed by atoms with E-state index in [1.807, 2.05) is 0 Å². The molecule has 0 spiro atoms. The van der Waals surface area contributed by atoms with Crippen LogP contribution in [0, 0.1) is 5.41 Å². The Morgan fingerprint density at radius 2 is 1.73 bits per heavy atom. The van der Waals surface area contributed by atoms with E-state index in [-0.39, 0.29) is 41.0 Å². The molecule has 1 aliphatic heterocycles. The maximum atomic E-state index is 13.9. The molecule has 1 unspecified atom stereocenters. The number of amidine groups is 1. The average molecular weight is 714 g/mol. The van der Waals surface area contributed by atoms with E-state index in [0.29, 0.717) is 21.4 Å². The van der Waals surface area contributed by atoms with Crippen LogP contribution in [-0.2, 0) is 4.79 Å². The van der Waals surface area contributed by atoms with Gasteiger partial charge in [-0.1, -0.05) is 29.8 Å². The molecule has 0 aliphatic carbocycles. The van der Waals surface area contributed by atoms with Crippen LogP contribution in [-0.4, -0.2) is 93.5 Å². The first-order valence-corrected chi connectivity index (χ1v) is 14.7. The number of nitrogens with two attached hydrogens (primary N) is 2. The molecule has 18 heteroatoms. The van der Waals surface area contributed by atoms with Crippen molar-refractivity contribution < 1.29 is 36.6 Å². The molecule has 2 aromatic carbocycles. The van der Waals surface area contributed by atoms with Crippen LogP contribution in [0.3, 0.4) is 0 Å². The van der Waals surface area contributed by atoms with Crippen LogP contribution >= 0.6 is 11.6 Å². The quantitative estimate of drug-likeness (QED) is 0.0986. The summed E-state index contributed by atoms with van der Waals surface area (Å²) in [6, 6.07) is 9.89. The number of halogens is 6. The van der Waals surface area contributed by atoms with E-state index in [2.05, 4.69) is 15.1 Å². The maximum Gasteiger partial charge on any atom is 0.333 e. The average Bonchev–Trinajstić information content (AvgIpc) is 3.51. The second-order valence-electron chi connectivity index (χ2n) is 11.4. The number of aromatic nitrogens is 2. The van der Waals surface area contributed by atoms with Gasteiger partial charge in [0, 0.05) is 36.5 Å². The van der Waals surface area contributed by atoms with Gasteiger partial charge < -0.3 is 16.6 Å². The van der Waals surface area contributed by atoms with E-state index in [9.17, 15) is 26.7 Å². The molecular weight excluding hydrogens is 677 g/mol. The second-order valence-corrected chi connectivity index (χ2v) is 11.8. The fraction of sp³-hybridized carbons (Fsp3) is 0.355. The van der Waals surface area contributed by atoms with Gasteiger partial charge in [0.1, 0.15) is 17.8 Å². The molecule has 1 atom stereocenters. The number of nitrogens with one attached hydrogen (secondary N) is 1. The lowest BCUT2D eigenvalue weighted by Gasteiger charge is -2.43. The molecule has 4 rings (SSSR count). The van der Waals surface area contributed by atoms with Gasteiger partial charge in [0.2, 0.25) is 0 Å². The van der Waals surface area contributed by atoms with E-state index < -0.39 is 43.2 Å². The van der Waals surface area contributed by atoms with Crippen molar-refractivity contribution in [1.82, 2.24) is 19.6 Å². The van der Waals surface area contributed by atoms with Crippen molar-refractivity contribution >= 4 is 42.1 Å². The van der Waals surface area contributed by atoms with Crippen LogP contribution in [0.5, 0.6) is 0 Å². The number of guanidine groups is 1. The van der Waals surface area contributed by atoms with E-state index in [1.165, 1.54) is 68.2 Å². The summed E-state index contributed by atoms with van der Waals surface area (Å²) < 4.78 is 65.5.